The molecule has 1 saturated heterocycles. The Kier molecular flexibility index (Phi) is 5.31. The van der Waals surface area contributed by atoms with Crippen LogP contribution in [0.15, 0.2) is 24.3 Å². The zero-order chi connectivity index (χ0) is 18.0. The van der Waals surface area contributed by atoms with E-state index in [9.17, 15) is 14.0 Å². The Morgan fingerprint density at radius 2 is 1.88 bits per heavy atom. The summed E-state index contributed by atoms with van der Waals surface area (Å²) >= 11 is 0. The molecule has 1 heterocycles. The van der Waals surface area contributed by atoms with Crippen LogP contribution in [-0.2, 0) is 15.0 Å². The van der Waals surface area contributed by atoms with Crippen molar-refractivity contribution in [2.75, 3.05) is 6.54 Å². The Hall–Kier alpha value is -1.91. The second-order valence-electron chi connectivity index (χ2n) is 7.36. The smallest absolute Gasteiger partial charge is 0.243 e. The van der Waals surface area contributed by atoms with Crippen LogP contribution in [0.25, 0.3) is 0 Å². The van der Waals surface area contributed by atoms with Crippen LogP contribution in [0.2, 0.25) is 0 Å². The van der Waals surface area contributed by atoms with E-state index in [1.807, 2.05) is 27.7 Å². The van der Waals surface area contributed by atoms with Crippen molar-refractivity contribution in [2.24, 2.45) is 5.41 Å². The molecule has 24 heavy (non-hydrogen) atoms. The third-order valence-corrected chi connectivity index (χ3v) is 5.43. The van der Waals surface area contributed by atoms with Gasteiger partial charge in [0.2, 0.25) is 11.8 Å². The van der Waals surface area contributed by atoms with Gasteiger partial charge >= 0.3 is 0 Å². The number of amides is 2. The molecule has 2 amide bonds. The maximum Gasteiger partial charge on any atom is 0.243 e. The standard InChI is InChI=1S/C19H27FN2O2/c1-5-19(6-2)12-21-17(24)16(19)22-15(23)11-18(3,4)13-7-9-14(20)10-8-13/h7-10,16H,5-6,11-12H2,1-4H3,(H,21,24)(H,22,23). The lowest BCUT2D eigenvalue weighted by molar-refractivity contribution is -0.129. The molecule has 4 nitrogen and oxygen atoms in total. The second kappa shape index (κ2) is 6.91. The number of carbonyl (C=O) groups is 2. The van der Waals surface area contributed by atoms with Gasteiger partial charge in [0.1, 0.15) is 11.9 Å². The topological polar surface area (TPSA) is 58.2 Å². The van der Waals surface area contributed by atoms with Gasteiger partial charge in [0.05, 0.1) is 0 Å². The van der Waals surface area contributed by atoms with Crippen molar-refractivity contribution < 1.29 is 14.0 Å². The van der Waals surface area contributed by atoms with Crippen LogP contribution in [0.3, 0.4) is 0 Å². The third-order valence-electron chi connectivity index (χ3n) is 5.43. The summed E-state index contributed by atoms with van der Waals surface area (Å²) < 4.78 is 13.1. The molecule has 2 N–H and O–H groups in total. The van der Waals surface area contributed by atoms with Crippen LogP contribution in [0.1, 0.15) is 52.5 Å². The molecule has 0 aromatic heterocycles. The minimum absolute atomic E-state index is 0.105. The molecular weight excluding hydrogens is 307 g/mol. The molecule has 1 aliphatic rings. The van der Waals surface area contributed by atoms with Crippen LogP contribution in [-0.4, -0.2) is 24.4 Å². The molecule has 0 saturated carbocycles. The molecular formula is C19H27FN2O2. The third kappa shape index (κ3) is 3.60. The average molecular weight is 334 g/mol. The van der Waals surface area contributed by atoms with Gasteiger partial charge in [-0.15, -0.1) is 0 Å². The van der Waals surface area contributed by atoms with Gasteiger partial charge in [0.25, 0.3) is 0 Å². The molecule has 0 aliphatic carbocycles. The van der Waals surface area contributed by atoms with Crippen LogP contribution in [0, 0.1) is 11.2 Å². The lowest BCUT2D eigenvalue weighted by atomic mass is 9.77. The first kappa shape index (κ1) is 18.4. The number of rotatable bonds is 6. The summed E-state index contributed by atoms with van der Waals surface area (Å²) in [6, 6.07) is 5.72. The number of benzene rings is 1. The predicted octanol–water partition coefficient (Wildman–Crippen LogP) is 2.91. The molecule has 132 valence electrons. The van der Waals surface area contributed by atoms with Crippen LogP contribution < -0.4 is 10.6 Å². The Morgan fingerprint density at radius 3 is 2.42 bits per heavy atom. The molecule has 0 bridgehead atoms. The normalized spacial score (nSPS) is 19.9. The Morgan fingerprint density at radius 1 is 1.29 bits per heavy atom. The summed E-state index contributed by atoms with van der Waals surface area (Å²) in [6.07, 6.45) is 1.90. The monoisotopic (exact) mass is 334 g/mol. The highest BCUT2D eigenvalue weighted by Crippen LogP contribution is 2.34. The van der Waals surface area contributed by atoms with Crippen LogP contribution in [0.4, 0.5) is 4.39 Å². The SMILES string of the molecule is CCC1(CC)CNC(=O)C1NC(=O)CC(C)(C)c1ccc(F)cc1. The van der Waals surface area contributed by atoms with Crippen molar-refractivity contribution in [3.05, 3.63) is 35.6 Å². The first-order valence-corrected chi connectivity index (χ1v) is 8.57. The highest BCUT2D eigenvalue weighted by molar-refractivity contribution is 5.90. The van der Waals surface area contributed by atoms with Gasteiger partial charge < -0.3 is 10.6 Å². The zero-order valence-electron chi connectivity index (χ0n) is 14.9. The van der Waals surface area contributed by atoms with Gasteiger partial charge in [-0.2, -0.15) is 0 Å². The molecule has 1 aromatic rings. The Balaban J connectivity index is 2.09. The van der Waals surface area contributed by atoms with Crippen molar-refractivity contribution in [1.29, 1.82) is 0 Å². The van der Waals surface area contributed by atoms with E-state index in [0.717, 1.165) is 18.4 Å². The quantitative estimate of drug-likeness (QED) is 0.840. The fourth-order valence-corrected chi connectivity index (χ4v) is 3.49. The Labute approximate surface area is 143 Å². The summed E-state index contributed by atoms with van der Waals surface area (Å²) in [4.78, 5) is 24.7. The van der Waals surface area contributed by atoms with Gasteiger partial charge in [-0.3, -0.25) is 9.59 Å². The minimum Gasteiger partial charge on any atom is -0.354 e. The van der Waals surface area contributed by atoms with Crippen molar-refractivity contribution >= 4 is 11.8 Å². The van der Waals surface area contributed by atoms with Crippen molar-refractivity contribution in [3.63, 3.8) is 0 Å². The summed E-state index contributed by atoms with van der Waals surface area (Å²) in [6.45, 7) is 8.59. The molecule has 2 rings (SSSR count). The summed E-state index contributed by atoms with van der Waals surface area (Å²) in [5.41, 5.74) is 0.243. The number of halogens is 1. The van der Waals surface area contributed by atoms with Gasteiger partial charge in [-0.05, 0) is 36.0 Å². The van der Waals surface area contributed by atoms with E-state index in [2.05, 4.69) is 10.6 Å². The average Bonchev–Trinajstić information content (AvgIpc) is 2.84. The first-order valence-electron chi connectivity index (χ1n) is 8.57. The molecule has 1 unspecified atom stereocenters. The highest BCUT2D eigenvalue weighted by Gasteiger charge is 2.46. The summed E-state index contributed by atoms with van der Waals surface area (Å²) in [5, 5.41) is 5.81. The number of hydrogen-bond acceptors (Lipinski definition) is 2. The molecule has 1 aliphatic heterocycles. The maximum atomic E-state index is 13.1. The van der Waals surface area contributed by atoms with E-state index < -0.39 is 11.5 Å². The number of nitrogens with one attached hydrogen (secondary N) is 2. The van der Waals surface area contributed by atoms with E-state index in [0.29, 0.717) is 6.54 Å². The van der Waals surface area contributed by atoms with Crippen molar-refractivity contribution in [1.82, 2.24) is 10.6 Å². The first-order chi connectivity index (χ1) is 11.2. The lowest BCUT2D eigenvalue weighted by Crippen LogP contribution is -2.49. The van der Waals surface area contributed by atoms with Crippen LogP contribution in [0.5, 0.6) is 0 Å². The molecule has 1 aromatic carbocycles. The number of carbonyl (C=O) groups excluding carboxylic acids is 2. The molecule has 1 atom stereocenters. The van der Waals surface area contributed by atoms with Gasteiger partial charge in [0.15, 0.2) is 0 Å². The maximum absolute atomic E-state index is 13.1. The van der Waals surface area contributed by atoms with Crippen molar-refractivity contribution in [2.45, 2.75) is 58.4 Å². The van der Waals surface area contributed by atoms with E-state index >= 15 is 0 Å². The fraction of sp³-hybridized carbons (Fsp3) is 0.579. The van der Waals surface area contributed by atoms with E-state index in [1.54, 1.807) is 12.1 Å². The van der Waals surface area contributed by atoms with Gasteiger partial charge in [-0.25, -0.2) is 4.39 Å². The fourth-order valence-electron chi connectivity index (χ4n) is 3.49. The molecule has 0 radical (unpaired) electrons. The van der Waals surface area contributed by atoms with E-state index in [4.69, 9.17) is 0 Å². The van der Waals surface area contributed by atoms with Crippen LogP contribution >= 0.6 is 0 Å². The Bertz CT molecular complexity index is 606. The minimum atomic E-state index is -0.482. The van der Waals surface area contributed by atoms with Crippen molar-refractivity contribution in [3.8, 4) is 0 Å². The predicted molar refractivity (Wildman–Crippen MR) is 92.0 cm³/mol. The largest absolute Gasteiger partial charge is 0.354 e. The second-order valence-corrected chi connectivity index (χ2v) is 7.36. The zero-order valence-corrected chi connectivity index (χ0v) is 14.9. The van der Waals surface area contributed by atoms with E-state index in [1.165, 1.54) is 12.1 Å². The summed E-state index contributed by atoms with van der Waals surface area (Å²) in [5.74, 6) is -0.554. The molecule has 5 heteroatoms. The number of hydrogen-bond donors (Lipinski definition) is 2. The molecule has 1 fully saturated rings. The highest BCUT2D eigenvalue weighted by atomic mass is 19.1. The van der Waals surface area contributed by atoms with Gasteiger partial charge in [0, 0.05) is 18.4 Å². The summed E-state index contributed by atoms with van der Waals surface area (Å²) in [7, 11) is 0. The van der Waals surface area contributed by atoms with Gasteiger partial charge in [-0.1, -0.05) is 39.8 Å². The lowest BCUT2D eigenvalue weighted by Gasteiger charge is -2.32. The van der Waals surface area contributed by atoms with E-state index in [-0.39, 0.29) is 29.5 Å². The molecule has 0 spiro atoms.